The number of likely N-dealkylation sites (tertiary alicyclic amines) is 1. The predicted octanol–water partition coefficient (Wildman–Crippen LogP) is 2.86. The van der Waals surface area contributed by atoms with E-state index in [9.17, 15) is 18.0 Å². The first-order chi connectivity index (χ1) is 15.3. The fourth-order valence-corrected chi connectivity index (χ4v) is 7.07. The van der Waals surface area contributed by atoms with E-state index in [1.54, 1.807) is 34.8 Å². The first-order valence-electron chi connectivity index (χ1n) is 10.8. The Morgan fingerprint density at radius 1 is 1.22 bits per heavy atom. The van der Waals surface area contributed by atoms with Crippen molar-refractivity contribution in [2.45, 2.75) is 49.7 Å². The molecule has 0 bridgehead atoms. The molecule has 2 saturated heterocycles. The van der Waals surface area contributed by atoms with Gasteiger partial charge in [-0.25, -0.2) is 8.42 Å². The zero-order valence-electron chi connectivity index (χ0n) is 18.1. The van der Waals surface area contributed by atoms with Gasteiger partial charge in [0.1, 0.15) is 9.97 Å². The minimum absolute atomic E-state index is 0.000678. The average Bonchev–Trinajstić information content (AvgIpc) is 3.51. The van der Waals surface area contributed by atoms with E-state index in [2.05, 4.69) is 10.5 Å². The van der Waals surface area contributed by atoms with Crippen LogP contribution >= 0.6 is 11.3 Å². The highest BCUT2D eigenvalue weighted by molar-refractivity contribution is 7.91. The summed E-state index contributed by atoms with van der Waals surface area (Å²) in [5, 5.41) is 8.16. The second-order valence-electron chi connectivity index (χ2n) is 8.63. The Balaban J connectivity index is 1.21. The molecule has 1 spiro atoms. The summed E-state index contributed by atoms with van der Waals surface area (Å²) in [7, 11) is -3.41. The molecule has 2 aromatic heterocycles. The number of piperidine rings is 1. The van der Waals surface area contributed by atoms with Gasteiger partial charge in [-0.3, -0.25) is 9.59 Å². The lowest BCUT2D eigenvalue weighted by atomic mass is 9.78. The van der Waals surface area contributed by atoms with Gasteiger partial charge in [0.05, 0.1) is 0 Å². The Kier molecular flexibility index (Phi) is 6.68. The highest BCUT2D eigenvalue weighted by Crippen LogP contribution is 2.41. The van der Waals surface area contributed by atoms with Crippen molar-refractivity contribution < 1.29 is 22.5 Å². The smallest absolute Gasteiger partial charge is 0.252 e. The molecular formula is C21H28N4O5S2. The topological polar surface area (TPSA) is 113 Å². The molecule has 2 aliphatic rings. The number of thiophene rings is 1. The second-order valence-corrected chi connectivity index (χ2v) is 11.7. The van der Waals surface area contributed by atoms with Gasteiger partial charge < -0.3 is 14.7 Å². The van der Waals surface area contributed by atoms with Crippen molar-refractivity contribution >= 4 is 39.0 Å². The summed E-state index contributed by atoms with van der Waals surface area (Å²) in [5.74, 6) is 0.866. The summed E-state index contributed by atoms with van der Waals surface area (Å²) in [6, 6.07) is 5.04. The molecule has 1 N–H and O–H groups in total. The molecule has 4 heterocycles. The largest absolute Gasteiger partial charge is 0.360 e. The summed E-state index contributed by atoms with van der Waals surface area (Å²) in [6.45, 7) is 4.09. The first kappa shape index (κ1) is 22.9. The number of hydrogen-bond donors (Lipinski definition) is 1. The van der Waals surface area contributed by atoms with E-state index in [1.165, 1.54) is 11.3 Å². The van der Waals surface area contributed by atoms with Crippen LogP contribution in [0.1, 0.15) is 44.3 Å². The Hall–Kier alpha value is -2.24. The monoisotopic (exact) mass is 480 g/mol. The molecule has 0 radical (unpaired) electrons. The fourth-order valence-electron chi connectivity index (χ4n) is 4.48. The van der Waals surface area contributed by atoms with E-state index in [4.69, 9.17) is 4.52 Å². The normalized spacial score (nSPS) is 18.8. The molecule has 2 aromatic rings. The molecular weight excluding hydrogens is 452 g/mol. The third kappa shape index (κ3) is 5.05. The number of rotatable bonds is 7. The van der Waals surface area contributed by atoms with Crippen LogP contribution < -0.4 is 5.32 Å². The minimum Gasteiger partial charge on any atom is -0.360 e. The molecule has 0 atom stereocenters. The minimum atomic E-state index is -3.41. The van der Waals surface area contributed by atoms with Gasteiger partial charge in [0.2, 0.25) is 11.8 Å². The molecule has 2 aliphatic heterocycles. The van der Waals surface area contributed by atoms with Crippen LogP contribution in [0.25, 0.3) is 0 Å². The van der Waals surface area contributed by atoms with E-state index in [0.717, 1.165) is 19.3 Å². The van der Waals surface area contributed by atoms with Crippen LogP contribution in [0.4, 0.5) is 5.82 Å². The molecule has 0 aliphatic carbocycles. The van der Waals surface area contributed by atoms with Gasteiger partial charge in [0, 0.05) is 45.1 Å². The zero-order chi connectivity index (χ0) is 22.8. The number of hydrogen-bond acceptors (Lipinski definition) is 7. The number of aryl methyl sites for hydroxylation is 1. The molecule has 174 valence electrons. The molecule has 0 saturated carbocycles. The maximum Gasteiger partial charge on any atom is 0.252 e. The van der Waals surface area contributed by atoms with Crippen molar-refractivity contribution in [3.8, 4) is 0 Å². The zero-order valence-corrected chi connectivity index (χ0v) is 19.7. The van der Waals surface area contributed by atoms with Gasteiger partial charge in [-0.2, -0.15) is 4.31 Å². The van der Waals surface area contributed by atoms with Crippen LogP contribution in [0.5, 0.6) is 0 Å². The first-order valence-corrected chi connectivity index (χ1v) is 13.1. The number of amides is 2. The van der Waals surface area contributed by atoms with Crippen molar-refractivity contribution in [3.05, 3.63) is 29.3 Å². The van der Waals surface area contributed by atoms with E-state index in [-0.39, 0.29) is 23.7 Å². The van der Waals surface area contributed by atoms with Crippen molar-refractivity contribution in [2.24, 2.45) is 5.41 Å². The lowest BCUT2D eigenvalue weighted by Crippen LogP contribution is -2.44. The van der Waals surface area contributed by atoms with Gasteiger partial charge >= 0.3 is 0 Å². The summed E-state index contributed by atoms with van der Waals surface area (Å²) in [5.41, 5.74) is -0.000678. The molecule has 2 amide bonds. The maximum absolute atomic E-state index is 12.7. The highest BCUT2D eigenvalue weighted by atomic mass is 32.2. The van der Waals surface area contributed by atoms with Crippen molar-refractivity contribution in [2.75, 3.05) is 31.5 Å². The SMILES string of the molecule is Cc1cc(NC(=O)CCCC(=O)N2CCC3(CCN(S(=O)(=O)c4cccs4)CC3)C2)no1. The Morgan fingerprint density at radius 2 is 1.97 bits per heavy atom. The lowest BCUT2D eigenvalue weighted by Gasteiger charge is -2.38. The number of anilines is 1. The summed E-state index contributed by atoms with van der Waals surface area (Å²) >= 11 is 1.24. The predicted molar refractivity (Wildman–Crippen MR) is 120 cm³/mol. The van der Waals surface area contributed by atoms with Gasteiger partial charge in [-0.05, 0) is 49.5 Å². The van der Waals surface area contributed by atoms with Crippen LogP contribution in [0, 0.1) is 12.3 Å². The molecule has 0 unspecified atom stereocenters. The molecule has 2 fully saturated rings. The maximum atomic E-state index is 12.7. The molecule has 11 heteroatoms. The number of carbonyl (C=O) groups is 2. The summed E-state index contributed by atoms with van der Waals surface area (Å²) in [4.78, 5) is 26.5. The van der Waals surface area contributed by atoms with Crippen molar-refractivity contribution in [1.29, 1.82) is 0 Å². The van der Waals surface area contributed by atoms with Gasteiger partial charge in [0.15, 0.2) is 5.82 Å². The standard InChI is InChI=1S/C21H28N4O5S2/c1-16-14-17(23-30-16)22-18(26)4-2-5-19(27)24-10-7-21(15-24)8-11-25(12-9-21)32(28,29)20-6-3-13-31-20/h3,6,13-14H,2,4-5,7-12,15H2,1H3,(H,22,23,26). The second kappa shape index (κ2) is 9.32. The third-order valence-corrected chi connectivity index (χ3v) is 9.62. The fraction of sp³-hybridized carbons (Fsp3) is 0.571. The van der Waals surface area contributed by atoms with Gasteiger partial charge in [-0.15, -0.1) is 11.3 Å². The number of nitrogens with one attached hydrogen (secondary N) is 1. The Bertz CT molecular complexity index is 1060. The Morgan fingerprint density at radius 3 is 2.62 bits per heavy atom. The number of carbonyl (C=O) groups excluding carboxylic acids is 2. The van der Waals surface area contributed by atoms with E-state index >= 15 is 0 Å². The summed E-state index contributed by atoms with van der Waals surface area (Å²) in [6.07, 6.45) is 3.46. The molecule has 0 aromatic carbocycles. The van der Waals surface area contributed by atoms with Crippen LogP contribution in [0.2, 0.25) is 0 Å². The van der Waals surface area contributed by atoms with Crippen LogP contribution in [-0.2, 0) is 19.6 Å². The Labute approximate surface area is 191 Å². The average molecular weight is 481 g/mol. The highest BCUT2D eigenvalue weighted by Gasteiger charge is 2.44. The molecule has 9 nitrogen and oxygen atoms in total. The molecule has 32 heavy (non-hydrogen) atoms. The van der Waals surface area contributed by atoms with Gasteiger partial charge in [0.25, 0.3) is 10.0 Å². The van der Waals surface area contributed by atoms with E-state index in [0.29, 0.717) is 54.8 Å². The van der Waals surface area contributed by atoms with E-state index in [1.807, 2.05) is 4.90 Å². The van der Waals surface area contributed by atoms with E-state index < -0.39 is 10.0 Å². The lowest BCUT2D eigenvalue weighted by molar-refractivity contribution is -0.130. The van der Waals surface area contributed by atoms with Crippen molar-refractivity contribution in [3.63, 3.8) is 0 Å². The number of aromatic nitrogens is 1. The van der Waals surface area contributed by atoms with Crippen LogP contribution in [-0.4, -0.2) is 60.8 Å². The number of nitrogens with zero attached hydrogens (tertiary/aromatic N) is 3. The summed E-state index contributed by atoms with van der Waals surface area (Å²) < 4.78 is 32.4. The number of sulfonamides is 1. The molecule has 4 rings (SSSR count). The van der Waals surface area contributed by atoms with Gasteiger partial charge in [-0.1, -0.05) is 11.2 Å². The quantitative estimate of drug-likeness (QED) is 0.652. The van der Waals surface area contributed by atoms with Crippen LogP contribution in [0.3, 0.4) is 0 Å². The third-order valence-electron chi connectivity index (χ3n) is 6.35. The van der Waals surface area contributed by atoms with Crippen LogP contribution in [0.15, 0.2) is 32.3 Å². The van der Waals surface area contributed by atoms with Crippen molar-refractivity contribution in [1.82, 2.24) is 14.4 Å².